The van der Waals surface area contributed by atoms with Crippen LogP contribution >= 0.6 is 0 Å². The van der Waals surface area contributed by atoms with Crippen molar-refractivity contribution >= 4 is 38.2 Å². The standard InChI is InChI=1S/C22H19NO/c1-22(2,21(23)24)20-8-7-16-11-17-9-14-5-3-4-6-15(14)10-18(17)12-19(16)13-20/h3-13H,1-2H3,(H2,23,24). The van der Waals surface area contributed by atoms with Gasteiger partial charge in [0.25, 0.3) is 0 Å². The van der Waals surface area contributed by atoms with Crippen molar-refractivity contribution in [1.82, 2.24) is 0 Å². The summed E-state index contributed by atoms with van der Waals surface area (Å²) in [6, 6.07) is 23.4. The molecule has 0 spiro atoms. The molecule has 4 rings (SSSR count). The van der Waals surface area contributed by atoms with Crippen LogP contribution in [0.1, 0.15) is 19.4 Å². The number of rotatable bonds is 2. The van der Waals surface area contributed by atoms with Crippen LogP contribution in [0.5, 0.6) is 0 Å². The molecule has 2 heteroatoms. The van der Waals surface area contributed by atoms with Gasteiger partial charge in [-0.15, -0.1) is 0 Å². The minimum atomic E-state index is -0.674. The molecule has 0 aromatic heterocycles. The third-order valence-electron chi connectivity index (χ3n) is 5.00. The van der Waals surface area contributed by atoms with E-state index in [4.69, 9.17) is 5.73 Å². The van der Waals surface area contributed by atoms with E-state index in [-0.39, 0.29) is 5.91 Å². The van der Waals surface area contributed by atoms with E-state index in [2.05, 4.69) is 60.7 Å². The van der Waals surface area contributed by atoms with Gasteiger partial charge in [0.15, 0.2) is 0 Å². The van der Waals surface area contributed by atoms with Crippen LogP contribution in [-0.2, 0) is 10.2 Å². The van der Waals surface area contributed by atoms with Gasteiger partial charge in [0, 0.05) is 0 Å². The summed E-state index contributed by atoms with van der Waals surface area (Å²) in [5.41, 5.74) is 5.83. The molecule has 0 aliphatic heterocycles. The molecule has 0 saturated heterocycles. The van der Waals surface area contributed by atoms with E-state index in [1.165, 1.54) is 26.9 Å². The second-order valence-electron chi connectivity index (χ2n) is 6.95. The van der Waals surface area contributed by atoms with E-state index < -0.39 is 5.41 Å². The monoisotopic (exact) mass is 313 g/mol. The molecule has 2 nitrogen and oxygen atoms in total. The Morgan fingerprint density at radius 2 is 1.17 bits per heavy atom. The fourth-order valence-corrected chi connectivity index (χ4v) is 3.22. The van der Waals surface area contributed by atoms with Gasteiger partial charge in [-0.05, 0) is 76.0 Å². The Labute approximate surface area is 140 Å². The predicted octanol–water partition coefficient (Wildman–Crippen LogP) is 4.91. The number of hydrogen-bond acceptors (Lipinski definition) is 1. The van der Waals surface area contributed by atoms with E-state index in [0.29, 0.717) is 0 Å². The van der Waals surface area contributed by atoms with E-state index in [0.717, 1.165) is 10.9 Å². The van der Waals surface area contributed by atoms with Crippen molar-refractivity contribution in [1.29, 1.82) is 0 Å². The van der Waals surface area contributed by atoms with Crippen molar-refractivity contribution in [2.24, 2.45) is 5.73 Å². The number of fused-ring (bicyclic) bond motifs is 3. The second-order valence-corrected chi connectivity index (χ2v) is 6.95. The van der Waals surface area contributed by atoms with Crippen LogP contribution in [0.2, 0.25) is 0 Å². The van der Waals surface area contributed by atoms with Gasteiger partial charge in [0.2, 0.25) is 5.91 Å². The summed E-state index contributed by atoms with van der Waals surface area (Å²) < 4.78 is 0. The fourth-order valence-electron chi connectivity index (χ4n) is 3.22. The highest BCUT2D eigenvalue weighted by molar-refractivity contribution is 6.05. The number of carbonyl (C=O) groups is 1. The van der Waals surface area contributed by atoms with Gasteiger partial charge >= 0.3 is 0 Å². The number of primary amides is 1. The number of nitrogens with two attached hydrogens (primary N) is 1. The average Bonchev–Trinajstić information content (AvgIpc) is 2.57. The van der Waals surface area contributed by atoms with Crippen LogP contribution in [0.25, 0.3) is 32.3 Å². The third-order valence-corrected chi connectivity index (χ3v) is 5.00. The average molecular weight is 313 g/mol. The highest BCUT2D eigenvalue weighted by Gasteiger charge is 2.27. The third kappa shape index (κ3) is 2.23. The lowest BCUT2D eigenvalue weighted by Crippen LogP contribution is -2.35. The Balaban J connectivity index is 1.98. The van der Waals surface area contributed by atoms with Crippen LogP contribution in [0, 0.1) is 0 Å². The Morgan fingerprint density at radius 1 is 0.708 bits per heavy atom. The van der Waals surface area contributed by atoms with Crippen molar-refractivity contribution in [2.45, 2.75) is 19.3 Å². The molecule has 0 saturated carbocycles. The predicted molar refractivity (Wildman–Crippen MR) is 101 cm³/mol. The Bertz CT molecular complexity index is 1110. The molecule has 4 aromatic rings. The molecule has 0 aliphatic carbocycles. The first-order chi connectivity index (χ1) is 11.4. The summed E-state index contributed by atoms with van der Waals surface area (Å²) in [6.45, 7) is 3.73. The first-order valence-corrected chi connectivity index (χ1v) is 8.12. The van der Waals surface area contributed by atoms with Gasteiger partial charge in [0.1, 0.15) is 0 Å². The topological polar surface area (TPSA) is 43.1 Å². The van der Waals surface area contributed by atoms with E-state index in [1.807, 2.05) is 19.9 Å². The normalized spacial score (nSPS) is 12.1. The molecular weight excluding hydrogens is 294 g/mol. The van der Waals surface area contributed by atoms with Crippen LogP contribution in [0.4, 0.5) is 0 Å². The summed E-state index contributed by atoms with van der Waals surface area (Å²) in [6.07, 6.45) is 0. The highest BCUT2D eigenvalue weighted by Crippen LogP contribution is 2.31. The molecular formula is C22H19NO. The summed E-state index contributed by atoms with van der Waals surface area (Å²) >= 11 is 0. The van der Waals surface area contributed by atoms with Crippen molar-refractivity contribution in [3.63, 3.8) is 0 Å². The van der Waals surface area contributed by atoms with Crippen LogP contribution in [-0.4, -0.2) is 5.91 Å². The maximum absolute atomic E-state index is 11.7. The summed E-state index contributed by atoms with van der Waals surface area (Å²) in [4.78, 5) is 11.7. The smallest absolute Gasteiger partial charge is 0.227 e. The van der Waals surface area contributed by atoms with Gasteiger partial charge in [-0.2, -0.15) is 0 Å². The van der Waals surface area contributed by atoms with Crippen LogP contribution < -0.4 is 5.73 Å². The fraction of sp³-hybridized carbons (Fsp3) is 0.136. The van der Waals surface area contributed by atoms with Crippen molar-refractivity contribution < 1.29 is 4.79 Å². The molecule has 0 unspecified atom stereocenters. The molecule has 0 radical (unpaired) electrons. The van der Waals surface area contributed by atoms with Gasteiger partial charge in [0.05, 0.1) is 5.41 Å². The molecule has 0 aliphatic rings. The zero-order valence-corrected chi connectivity index (χ0v) is 13.8. The van der Waals surface area contributed by atoms with E-state index in [1.54, 1.807) is 0 Å². The number of carbonyl (C=O) groups excluding carboxylic acids is 1. The zero-order chi connectivity index (χ0) is 16.9. The molecule has 24 heavy (non-hydrogen) atoms. The van der Waals surface area contributed by atoms with E-state index >= 15 is 0 Å². The molecule has 4 aromatic carbocycles. The molecule has 118 valence electrons. The van der Waals surface area contributed by atoms with Crippen LogP contribution in [0.3, 0.4) is 0 Å². The van der Waals surface area contributed by atoms with Gasteiger partial charge < -0.3 is 5.73 Å². The summed E-state index contributed by atoms with van der Waals surface area (Å²) in [5, 5.41) is 7.21. The molecule has 1 amide bonds. The van der Waals surface area contributed by atoms with Crippen molar-refractivity contribution in [2.75, 3.05) is 0 Å². The summed E-state index contributed by atoms with van der Waals surface area (Å²) in [5.74, 6) is -0.311. The Kier molecular flexibility index (Phi) is 3.10. The lowest BCUT2D eigenvalue weighted by Gasteiger charge is -2.21. The number of benzene rings is 4. The zero-order valence-electron chi connectivity index (χ0n) is 13.8. The quantitative estimate of drug-likeness (QED) is 0.525. The van der Waals surface area contributed by atoms with Crippen molar-refractivity contribution in [3.8, 4) is 0 Å². The Hall–Kier alpha value is -2.87. The maximum atomic E-state index is 11.7. The van der Waals surface area contributed by atoms with E-state index in [9.17, 15) is 4.79 Å². The largest absolute Gasteiger partial charge is 0.369 e. The molecule has 0 bridgehead atoms. The maximum Gasteiger partial charge on any atom is 0.227 e. The molecule has 0 atom stereocenters. The van der Waals surface area contributed by atoms with Gasteiger partial charge in [-0.1, -0.05) is 42.5 Å². The first kappa shape index (κ1) is 14.7. The van der Waals surface area contributed by atoms with Gasteiger partial charge in [-0.25, -0.2) is 0 Å². The SMILES string of the molecule is CC(C)(C(N)=O)c1ccc2cc3cc4ccccc4cc3cc2c1. The number of amides is 1. The summed E-state index contributed by atoms with van der Waals surface area (Å²) in [7, 11) is 0. The first-order valence-electron chi connectivity index (χ1n) is 8.12. The Morgan fingerprint density at radius 3 is 1.71 bits per heavy atom. The van der Waals surface area contributed by atoms with Crippen LogP contribution in [0.15, 0.2) is 66.7 Å². The lowest BCUT2D eigenvalue weighted by molar-refractivity contribution is -0.122. The number of hydrogen-bond donors (Lipinski definition) is 1. The minimum absolute atomic E-state index is 0.311. The molecule has 0 fully saturated rings. The minimum Gasteiger partial charge on any atom is -0.369 e. The van der Waals surface area contributed by atoms with Gasteiger partial charge in [-0.3, -0.25) is 4.79 Å². The van der Waals surface area contributed by atoms with Crippen molar-refractivity contribution in [3.05, 3.63) is 72.3 Å². The molecule has 2 N–H and O–H groups in total. The highest BCUT2D eigenvalue weighted by atomic mass is 16.1. The molecule has 0 heterocycles. The second kappa shape index (κ2) is 5.07. The lowest BCUT2D eigenvalue weighted by atomic mass is 9.83.